The predicted molar refractivity (Wildman–Crippen MR) is 55.8 cm³/mol. The Labute approximate surface area is 96.7 Å². The zero-order valence-electron chi connectivity index (χ0n) is 9.08. The first kappa shape index (κ1) is 12.8. The van der Waals surface area contributed by atoms with E-state index in [0.717, 1.165) is 0 Å². The summed E-state index contributed by atoms with van der Waals surface area (Å²) in [6.07, 6.45) is 0.569. The Hall–Kier alpha value is -2.22. The van der Waals surface area contributed by atoms with E-state index in [1.165, 1.54) is 18.3 Å². The van der Waals surface area contributed by atoms with Gasteiger partial charge < -0.3 is 4.74 Å². The number of carbonyl (C=O) groups is 1. The highest BCUT2D eigenvalue weighted by atomic mass is 16.7. The number of ether oxygens (including phenoxy) is 1. The highest BCUT2D eigenvalue weighted by Crippen LogP contribution is 2.10. The number of nitrogens with zero attached hydrogens (tertiary/aromatic N) is 2. The minimum Gasteiger partial charge on any atom is -0.448 e. The molecule has 8 heteroatoms. The molecule has 17 heavy (non-hydrogen) atoms. The minimum absolute atomic E-state index is 0.0828. The minimum atomic E-state index is -0.724. The van der Waals surface area contributed by atoms with Gasteiger partial charge in [-0.05, 0) is 6.92 Å². The fourth-order valence-corrected chi connectivity index (χ4v) is 0.987. The van der Waals surface area contributed by atoms with Crippen LogP contribution in [0.2, 0.25) is 0 Å². The lowest BCUT2D eigenvalue weighted by Crippen LogP contribution is -2.24. The molecule has 0 bridgehead atoms. The summed E-state index contributed by atoms with van der Waals surface area (Å²) in [6, 6.07) is 2.52. The summed E-state index contributed by atoms with van der Waals surface area (Å²) in [6.45, 7) is 1.80. The second-order valence-corrected chi connectivity index (χ2v) is 2.87. The van der Waals surface area contributed by atoms with Crippen molar-refractivity contribution in [2.75, 3.05) is 6.61 Å². The molecule has 0 aromatic carbocycles. The normalized spacial score (nSPS) is 9.71. The van der Waals surface area contributed by atoms with E-state index in [-0.39, 0.29) is 18.9 Å². The summed E-state index contributed by atoms with van der Waals surface area (Å²) < 4.78 is 4.54. The molecule has 0 fully saturated rings. The van der Waals surface area contributed by atoms with E-state index in [9.17, 15) is 14.9 Å². The van der Waals surface area contributed by atoms with Gasteiger partial charge in [-0.15, -0.1) is 0 Å². The number of rotatable bonds is 5. The zero-order chi connectivity index (χ0) is 12.7. The molecular formula is C9H11N3O5. The van der Waals surface area contributed by atoms with Crippen LogP contribution in [0.5, 0.6) is 0 Å². The molecule has 0 saturated carbocycles. The number of hydrogen-bond donors (Lipinski definition) is 1. The van der Waals surface area contributed by atoms with Crippen molar-refractivity contribution >= 4 is 11.8 Å². The third-order valence-electron chi connectivity index (χ3n) is 1.66. The van der Waals surface area contributed by atoms with Crippen molar-refractivity contribution in [1.82, 2.24) is 10.5 Å². The van der Waals surface area contributed by atoms with Crippen molar-refractivity contribution in [1.29, 1.82) is 0 Å². The van der Waals surface area contributed by atoms with Gasteiger partial charge >= 0.3 is 6.09 Å². The molecule has 0 saturated heterocycles. The van der Waals surface area contributed by atoms with E-state index < -0.39 is 11.0 Å². The van der Waals surface area contributed by atoms with Crippen molar-refractivity contribution in [3.8, 4) is 0 Å². The van der Waals surface area contributed by atoms with Gasteiger partial charge in [0.25, 0.3) is 5.69 Å². The van der Waals surface area contributed by atoms with Gasteiger partial charge in [-0.1, -0.05) is 0 Å². The van der Waals surface area contributed by atoms with E-state index in [0.29, 0.717) is 5.69 Å². The van der Waals surface area contributed by atoms with Gasteiger partial charge in [0.15, 0.2) is 0 Å². The molecule has 0 aliphatic heterocycles. The summed E-state index contributed by atoms with van der Waals surface area (Å²) in [7, 11) is 0. The quantitative estimate of drug-likeness (QED) is 0.612. The average molecular weight is 241 g/mol. The van der Waals surface area contributed by atoms with E-state index in [4.69, 9.17) is 4.84 Å². The van der Waals surface area contributed by atoms with Crippen molar-refractivity contribution in [3.63, 3.8) is 0 Å². The number of pyridine rings is 1. The van der Waals surface area contributed by atoms with Gasteiger partial charge in [0, 0.05) is 18.3 Å². The monoisotopic (exact) mass is 241 g/mol. The van der Waals surface area contributed by atoms with Gasteiger partial charge in [0.2, 0.25) is 0 Å². The fourth-order valence-electron chi connectivity index (χ4n) is 0.987. The van der Waals surface area contributed by atoms with Gasteiger partial charge in [-0.25, -0.2) is 4.79 Å². The Bertz CT molecular complexity index is 409. The molecule has 1 aromatic heterocycles. The van der Waals surface area contributed by atoms with Gasteiger partial charge in [-0.2, -0.15) is 5.48 Å². The van der Waals surface area contributed by atoms with Crippen LogP contribution in [-0.2, 0) is 16.2 Å². The summed E-state index contributed by atoms with van der Waals surface area (Å²) in [5, 5.41) is 10.5. The third-order valence-corrected chi connectivity index (χ3v) is 1.66. The molecule has 1 amide bonds. The molecule has 0 spiro atoms. The van der Waals surface area contributed by atoms with Crippen LogP contribution in [0.15, 0.2) is 18.3 Å². The first-order chi connectivity index (χ1) is 8.13. The molecule has 0 unspecified atom stereocenters. The summed E-state index contributed by atoms with van der Waals surface area (Å²) in [5.74, 6) is 0. The first-order valence-electron chi connectivity index (χ1n) is 4.77. The Balaban J connectivity index is 2.44. The topological polar surface area (TPSA) is 104 Å². The van der Waals surface area contributed by atoms with E-state index in [1.54, 1.807) is 6.92 Å². The van der Waals surface area contributed by atoms with Crippen molar-refractivity contribution < 1.29 is 19.3 Å². The van der Waals surface area contributed by atoms with Crippen LogP contribution in [0.1, 0.15) is 12.6 Å². The van der Waals surface area contributed by atoms with Crippen LogP contribution >= 0.6 is 0 Å². The molecular weight excluding hydrogens is 230 g/mol. The number of nitrogens with one attached hydrogen (secondary N) is 1. The summed E-state index contributed by atoms with van der Waals surface area (Å²) in [5.41, 5.74) is 2.25. The molecule has 1 heterocycles. The Kier molecular flexibility index (Phi) is 4.82. The largest absolute Gasteiger partial charge is 0.448 e. The summed E-state index contributed by atoms with van der Waals surface area (Å²) >= 11 is 0. The molecule has 0 radical (unpaired) electrons. The number of hydroxylamine groups is 1. The maximum atomic E-state index is 10.8. The van der Waals surface area contributed by atoms with E-state index in [2.05, 4.69) is 9.72 Å². The Morgan fingerprint density at radius 2 is 2.41 bits per heavy atom. The molecule has 1 N–H and O–H groups in total. The van der Waals surface area contributed by atoms with Crippen LogP contribution < -0.4 is 5.48 Å². The number of amides is 1. The second-order valence-electron chi connectivity index (χ2n) is 2.87. The molecule has 0 atom stereocenters. The smallest absolute Gasteiger partial charge is 0.431 e. The fraction of sp³-hybridized carbons (Fsp3) is 0.333. The molecule has 8 nitrogen and oxygen atoms in total. The predicted octanol–water partition coefficient (Wildman–Crippen LogP) is 1.17. The first-order valence-corrected chi connectivity index (χ1v) is 4.77. The lowest BCUT2D eigenvalue weighted by molar-refractivity contribution is -0.385. The highest BCUT2D eigenvalue weighted by molar-refractivity contribution is 5.65. The molecule has 92 valence electrons. The number of carbonyl (C=O) groups excluding carboxylic acids is 1. The third kappa shape index (κ3) is 4.43. The molecule has 1 rings (SSSR count). The molecule has 0 aliphatic carbocycles. The van der Waals surface area contributed by atoms with Gasteiger partial charge in [0.1, 0.15) is 6.61 Å². The zero-order valence-corrected chi connectivity index (χ0v) is 9.08. The van der Waals surface area contributed by atoms with Crippen molar-refractivity contribution in [3.05, 3.63) is 34.1 Å². The standard InChI is InChI=1S/C9H11N3O5/c1-2-16-9(13)11-17-6-7-5-8(12(14)15)3-4-10-7/h3-5H,2,6H2,1H3,(H,11,13). The van der Waals surface area contributed by atoms with Gasteiger partial charge in [0.05, 0.1) is 17.2 Å². The maximum absolute atomic E-state index is 10.8. The van der Waals surface area contributed by atoms with Crippen molar-refractivity contribution in [2.24, 2.45) is 0 Å². The molecule has 0 aliphatic rings. The van der Waals surface area contributed by atoms with Crippen molar-refractivity contribution in [2.45, 2.75) is 13.5 Å². The Morgan fingerprint density at radius 1 is 1.65 bits per heavy atom. The number of nitro groups is 1. The van der Waals surface area contributed by atoms with Crippen LogP contribution in [0.3, 0.4) is 0 Å². The molecule has 1 aromatic rings. The SMILES string of the molecule is CCOC(=O)NOCc1cc([N+](=O)[O-])ccn1. The van der Waals surface area contributed by atoms with Crippen LogP contribution in [0, 0.1) is 10.1 Å². The lowest BCUT2D eigenvalue weighted by Gasteiger charge is -2.04. The van der Waals surface area contributed by atoms with Crippen LogP contribution in [0.25, 0.3) is 0 Å². The average Bonchev–Trinajstić information content (AvgIpc) is 2.30. The summed E-state index contributed by atoms with van der Waals surface area (Å²) in [4.78, 5) is 29.4. The second kappa shape index (κ2) is 6.38. The van der Waals surface area contributed by atoms with Gasteiger partial charge in [-0.3, -0.25) is 19.9 Å². The maximum Gasteiger partial charge on any atom is 0.431 e. The van der Waals surface area contributed by atoms with Crippen LogP contribution in [0.4, 0.5) is 10.5 Å². The highest BCUT2D eigenvalue weighted by Gasteiger charge is 2.07. The lowest BCUT2D eigenvalue weighted by atomic mass is 10.3. The Morgan fingerprint density at radius 3 is 3.06 bits per heavy atom. The number of aromatic nitrogens is 1. The van der Waals surface area contributed by atoms with Crippen LogP contribution in [-0.4, -0.2) is 22.6 Å². The number of hydrogen-bond acceptors (Lipinski definition) is 6. The van der Waals surface area contributed by atoms with E-state index in [1.807, 2.05) is 5.48 Å². The van der Waals surface area contributed by atoms with E-state index >= 15 is 0 Å².